The fourth-order valence-corrected chi connectivity index (χ4v) is 1.60. The first kappa shape index (κ1) is 21.7. The van der Waals surface area contributed by atoms with Crippen molar-refractivity contribution in [2.24, 2.45) is 0 Å². The van der Waals surface area contributed by atoms with Gasteiger partial charge in [-0.25, -0.2) is 0 Å². The van der Waals surface area contributed by atoms with Crippen molar-refractivity contribution in [3.63, 3.8) is 0 Å². The number of carbonyl (C=O) groups is 1. The molecular formula is C16H37NO3. The van der Waals surface area contributed by atoms with Crippen LogP contribution in [0, 0.1) is 0 Å². The van der Waals surface area contributed by atoms with Crippen molar-refractivity contribution in [2.75, 3.05) is 33.0 Å². The fraction of sp³-hybridized carbons (Fsp3) is 0.938. The predicted molar refractivity (Wildman–Crippen MR) is 87.2 cm³/mol. The lowest BCUT2D eigenvalue weighted by Gasteiger charge is -2.06. The second-order valence-corrected chi connectivity index (χ2v) is 4.32. The Bertz CT molecular complexity index is 192. The number of carbonyl (C=O) groups excluding carboxylic acids is 1. The summed E-state index contributed by atoms with van der Waals surface area (Å²) in [6.07, 6.45) is 6.55. The van der Waals surface area contributed by atoms with Gasteiger partial charge in [0.15, 0.2) is 0 Å². The number of unbranched alkanes of at least 4 members (excludes halogenated alkanes) is 4. The average Bonchev–Trinajstić information content (AvgIpc) is 2.48. The molecule has 4 nitrogen and oxygen atoms in total. The fourth-order valence-electron chi connectivity index (χ4n) is 1.60. The molecule has 0 radical (unpaired) electrons. The molecule has 124 valence electrons. The molecule has 1 amide bonds. The molecule has 0 bridgehead atoms. The van der Waals surface area contributed by atoms with Gasteiger partial charge in [0.05, 0.1) is 19.8 Å². The van der Waals surface area contributed by atoms with Gasteiger partial charge in [-0.2, -0.15) is 0 Å². The maximum atomic E-state index is 11.4. The van der Waals surface area contributed by atoms with E-state index in [9.17, 15) is 4.79 Å². The van der Waals surface area contributed by atoms with Crippen LogP contribution in [0.5, 0.6) is 0 Å². The van der Waals surface area contributed by atoms with Gasteiger partial charge in [-0.15, -0.1) is 0 Å². The van der Waals surface area contributed by atoms with Crippen LogP contribution >= 0.6 is 0 Å². The number of nitrogens with one attached hydrogen (secondary N) is 1. The zero-order valence-electron chi connectivity index (χ0n) is 14.0. The van der Waals surface area contributed by atoms with Crippen molar-refractivity contribution in [3.05, 3.63) is 0 Å². The van der Waals surface area contributed by atoms with Crippen LogP contribution in [0.15, 0.2) is 0 Å². The van der Waals surface area contributed by atoms with Crippen LogP contribution in [0.1, 0.15) is 67.6 Å². The van der Waals surface area contributed by atoms with Crippen molar-refractivity contribution in [2.45, 2.75) is 66.2 Å². The Morgan fingerprint density at radius 2 is 1.60 bits per heavy atom. The molecule has 0 aliphatic carbocycles. The molecule has 0 aromatic heterocycles. The van der Waals surface area contributed by atoms with Crippen molar-refractivity contribution in [1.82, 2.24) is 5.32 Å². The minimum absolute atomic E-state index is 0. The molecule has 1 N–H and O–H groups in total. The van der Waals surface area contributed by atoms with Crippen LogP contribution in [0.2, 0.25) is 0 Å². The molecule has 0 fully saturated rings. The van der Waals surface area contributed by atoms with Gasteiger partial charge in [0.25, 0.3) is 0 Å². The summed E-state index contributed by atoms with van der Waals surface area (Å²) in [6, 6.07) is 0. The van der Waals surface area contributed by atoms with Crippen molar-refractivity contribution >= 4 is 5.91 Å². The minimum atomic E-state index is 0. The Labute approximate surface area is 127 Å². The van der Waals surface area contributed by atoms with Crippen LogP contribution in [-0.4, -0.2) is 38.9 Å². The molecule has 0 atom stereocenters. The van der Waals surface area contributed by atoms with Crippen molar-refractivity contribution < 1.29 is 15.7 Å². The highest BCUT2D eigenvalue weighted by Crippen LogP contribution is 2.04. The third-order valence-corrected chi connectivity index (χ3v) is 2.65. The highest BCUT2D eigenvalue weighted by molar-refractivity contribution is 5.75. The number of hydrogen-bond donors (Lipinski definition) is 1. The van der Waals surface area contributed by atoms with E-state index < -0.39 is 0 Å². The number of amides is 1. The average molecular weight is 291 g/mol. The maximum absolute atomic E-state index is 11.4. The molecule has 0 spiro atoms. The highest BCUT2D eigenvalue weighted by atomic mass is 16.5. The molecular weight excluding hydrogens is 254 g/mol. The van der Waals surface area contributed by atoms with E-state index >= 15 is 0 Å². The number of ether oxygens (including phenoxy) is 2. The summed E-state index contributed by atoms with van der Waals surface area (Å²) in [5.74, 6) is 0.139. The van der Waals surface area contributed by atoms with Gasteiger partial charge in [0.1, 0.15) is 0 Å². The lowest BCUT2D eigenvalue weighted by molar-refractivity contribution is -0.121. The van der Waals surface area contributed by atoms with Crippen LogP contribution in [-0.2, 0) is 14.3 Å². The third kappa shape index (κ3) is 19.7. The molecule has 0 heterocycles. The van der Waals surface area contributed by atoms with Crippen LogP contribution < -0.4 is 5.32 Å². The summed E-state index contributed by atoms with van der Waals surface area (Å²) in [5, 5.41) is 2.86. The first-order valence-corrected chi connectivity index (χ1v) is 8.23. The van der Waals surface area contributed by atoms with E-state index in [1.54, 1.807) is 0 Å². The molecule has 0 unspecified atom stereocenters. The maximum Gasteiger partial charge on any atom is 0.220 e. The van der Waals surface area contributed by atoms with Gasteiger partial charge >= 0.3 is 0 Å². The molecule has 4 heteroatoms. The van der Waals surface area contributed by atoms with Gasteiger partial charge in [0, 0.05) is 21.0 Å². The van der Waals surface area contributed by atoms with Gasteiger partial charge in [-0.05, 0) is 13.3 Å². The SMILES string of the molecule is CC.CCCCCCCC(=O)NCCOCCOCC.[HH]. The molecule has 0 aliphatic rings. The molecule has 20 heavy (non-hydrogen) atoms. The summed E-state index contributed by atoms with van der Waals surface area (Å²) < 4.78 is 10.4. The van der Waals surface area contributed by atoms with E-state index in [-0.39, 0.29) is 7.33 Å². The van der Waals surface area contributed by atoms with Crippen molar-refractivity contribution in [3.8, 4) is 0 Å². The van der Waals surface area contributed by atoms with Crippen LogP contribution in [0.25, 0.3) is 0 Å². The predicted octanol–water partition coefficient (Wildman–Crippen LogP) is 3.79. The third-order valence-electron chi connectivity index (χ3n) is 2.65. The van der Waals surface area contributed by atoms with Gasteiger partial charge in [-0.3, -0.25) is 4.79 Å². The molecule has 0 aromatic rings. The largest absolute Gasteiger partial charge is 0.379 e. The Morgan fingerprint density at radius 1 is 0.950 bits per heavy atom. The van der Waals surface area contributed by atoms with E-state index in [0.717, 1.165) is 19.4 Å². The topological polar surface area (TPSA) is 47.6 Å². The quantitative estimate of drug-likeness (QED) is 0.525. The number of hydrogen-bond acceptors (Lipinski definition) is 3. The van der Waals surface area contributed by atoms with Gasteiger partial charge < -0.3 is 14.8 Å². The summed E-state index contributed by atoms with van der Waals surface area (Å²) in [5.41, 5.74) is 0. The molecule has 0 aromatic carbocycles. The molecule has 0 saturated heterocycles. The number of rotatable bonds is 13. The lowest BCUT2D eigenvalue weighted by atomic mass is 10.1. The molecule has 0 saturated carbocycles. The summed E-state index contributed by atoms with van der Waals surface area (Å²) in [4.78, 5) is 11.4. The first-order chi connectivity index (χ1) is 9.81. The Hall–Kier alpha value is -0.610. The zero-order valence-corrected chi connectivity index (χ0v) is 14.0. The minimum Gasteiger partial charge on any atom is -0.379 e. The summed E-state index contributed by atoms with van der Waals surface area (Å²) >= 11 is 0. The van der Waals surface area contributed by atoms with E-state index in [0.29, 0.717) is 32.8 Å². The standard InChI is InChI=1S/C14H29NO3.C2H6.H2/c1-3-5-6-7-8-9-14(16)15-10-11-18-13-12-17-4-2;1-2;/h3-13H2,1-2H3,(H,15,16);1-2H3;1H. The van der Waals surface area contributed by atoms with E-state index in [2.05, 4.69) is 12.2 Å². The van der Waals surface area contributed by atoms with E-state index in [1.165, 1.54) is 19.3 Å². The van der Waals surface area contributed by atoms with Crippen molar-refractivity contribution in [1.29, 1.82) is 0 Å². The van der Waals surface area contributed by atoms with Gasteiger partial charge in [-0.1, -0.05) is 46.5 Å². The van der Waals surface area contributed by atoms with Gasteiger partial charge in [0.2, 0.25) is 5.91 Å². The Morgan fingerprint density at radius 3 is 2.25 bits per heavy atom. The smallest absolute Gasteiger partial charge is 0.220 e. The zero-order chi connectivity index (χ0) is 15.5. The van der Waals surface area contributed by atoms with E-state index in [4.69, 9.17) is 9.47 Å². The van der Waals surface area contributed by atoms with E-state index in [1.807, 2.05) is 20.8 Å². The lowest BCUT2D eigenvalue weighted by Crippen LogP contribution is -2.27. The normalized spacial score (nSPS) is 9.80. The summed E-state index contributed by atoms with van der Waals surface area (Å²) in [6.45, 7) is 11.3. The summed E-state index contributed by atoms with van der Waals surface area (Å²) in [7, 11) is 0. The highest BCUT2D eigenvalue weighted by Gasteiger charge is 1.99. The molecule has 0 aliphatic heterocycles. The molecule has 0 rings (SSSR count). The second-order valence-electron chi connectivity index (χ2n) is 4.32. The Balaban J connectivity index is -0.00000103. The monoisotopic (exact) mass is 291 g/mol. The first-order valence-electron chi connectivity index (χ1n) is 8.23. The Kier molecular flexibility index (Phi) is 22.4. The van der Waals surface area contributed by atoms with Crippen LogP contribution in [0.4, 0.5) is 0 Å². The second kappa shape index (κ2) is 20.7. The van der Waals surface area contributed by atoms with Crippen LogP contribution in [0.3, 0.4) is 0 Å².